The minimum absolute atomic E-state index is 0.370. The summed E-state index contributed by atoms with van der Waals surface area (Å²) in [6.07, 6.45) is 0. The molecular weight excluding hydrogens is 243 g/mol. The van der Waals surface area contributed by atoms with Crippen LogP contribution >= 0.6 is 23.2 Å². The Hall–Kier alpha value is -0.750. The van der Waals surface area contributed by atoms with E-state index in [-0.39, 0.29) is 5.41 Å². The highest BCUT2D eigenvalue weighted by atomic mass is 35.5. The molecule has 0 aliphatic heterocycles. The summed E-state index contributed by atoms with van der Waals surface area (Å²) in [5.41, 5.74) is 0.577. The van der Waals surface area contributed by atoms with Gasteiger partial charge < -0.3 is 5.32 Å². The van der Waals surface area contributed by atoms with Crippen molar-refractivity contribution in [2.75, 3.05) is 6.54 Å². The summed E-state index contributed by atoms with van der Waals surface area (Å²) in [6.45, 7) is 5.01. The molecule has 1 aromatic carbocycles. The second kappa shape index (κ2) is 5.54. The van der Waals surface area contributed by atoms with E-state index >= 15 is 0 Å². The van der Waals surface area contributed by atoms with E-state index in [1.807, 2.05) is 26.0 Å². The molecule has 0 saturated carbocycles. The number of hydrogen-bond acceptors (Lipinski definition) is 2. The van der Waals surface area contributed by atoms with E-state index in [0.717, 1.165) is 5.56 Å². The van der Waals surface area contributed by atoms with Crippen molar-refractivity contribution in [3.8, 4) is 6.07 Å². The van der Waals surface area contributed by atoms with Crippen molar-refractivity contribution in [2.45, 2.75) is 20.4 Å². The molecule has 0 heterocycles. The van der Waals surface area contributed by atoms with E-state index in [0.29, 0.717) is 23.1 Å². The molecular formula is C12H14Cl2N2. The lowest BCUT2D eigenvalue weighted by Crippen LogP contribution is -2.27. The number of hydrogen-bond donors (Lipinski definition) is 1. The van der Waals surface area contributed by atoms with Crippen molar-refractivity contribution in [3.05, 3.63) is 33.8 Å². The summed E-state index contributed by atoms with van der Waals surface area (Å²) in [4.78, 5) is 0. The second-order valence-electron chi connectivity index (χ2n) is 4.31. The fourth-order valence-corrected chi connectivity index (χ4v) is 1.62. The molecule has 4 heteroatoms. The van der Waals surface area contributed by atoms with Crippen LogP contribution in [0.4, 0.5) is 0 Å². The maximum atomic E-state index is 8.85. The highest BCUT2D eigenvalue weighted by Gasteiger charge is 2.15. The SMILES string of the molecule is CC(C)(C#N)CNCc1cccc(Cl)c1Cl. The fourth-order valence-electron chi connectivity index (χ4n) is 1.23. The van der Waals surface area contributed by atoms with E-state index in [9.17, 15) is 0 Å². The molecule has 0 radical (unpaired) electrons. The van der Waals surface area contributed by atoms with Crippen LogP contribution < -0.4 is 5.32 Å². The molecule has 0 saturated heterocycles. The van der Waals surface area contributed by atoms with Crippen LogP contribution in [0.15, 0.2) is 18.2 Å². The first-order valence-corrected chi connectivity index (χ1v) is 5.77. The van der Waals surface area contributed by atoms with Crippen LogP contribution in [0.2, 0.25) is 10.0 Å². The Bertz CT molecular complexity index is 408. The van der Waals surface area contributed by atoms with Crippen LogP contribution in [0.5, 0.6) is 0 Å². The summed E-state index contributed by atoms with van der Waals surface area (Å²) >= 11 is 11.9. The van der Waals surface area contributed by atoms with Gasteiger partial charge in [-0.3, -0.25) is 0 Å². The standard InChI is InChI=1S/C12H14Cl2N2/c1-12(2,7-15)8-16-6-9-4-3-5-10(13)11(9)14/h3-5,16H,6,8H2,1-2H3. The van der Waals surface area contributed by atoms with Gasteiger partial charge in [0, 0.05) is 13.1 Å². The third-order valence-corrected chi connectivity index (χ3v) is 3.07. The van der Waals surface area contributed by atoms with Gasteiger partial charge in [-0.05, 0) is 25.5 Å². The molecule has 0 amide bonds. The van der Waals surface area contributed by atoms with Crippen LogP contribution in [0.25, 0.3) is 0 Å². The van der Waals surface area contributed by atoms with Crippen LogP contribution in [-0.4, -0.2) is 6.54 Å². The number of benzene rings is 1. The van der Waals surface area contributed by atoms with Gasteiger partial charge >= 0.3 is 0 Å². The third kappa shape index (κ3) is 3.68. The number of rotatable bonds is 4. The number of nitrogens with zero attached hydrogens (tertiary/aromatic N) is 1. The Morgan fingerprint density at radius 2 is 2.06 bits per heavy atom. The van der Waals surface area contributed by atoms with Crippen molar-refractivity contribution < 1.29 is 0 Å². The Morgan fingerprint density at radius 3 is 2.69 bits per heavy atom. The molecule has 0 bridgehead atoms. The normalized spacial score (nSPS) is 11.2. The fraction of sp³-hybridized carbons (Fsp3) is 0.417. The lowest BCUT2D eigenvalue weighted by molar-refractivity contribution is 0.445. The zero-order valence-electron chi connectivity index (χ0n) is 9.35. The van der Waals surface area contributed by atoms with E-state index < -0.39 is 0 Å². The molecule has 0 atom stereocenters. The van der Waals surface area contributed by atoms with Crippen molar-refractivity contribution >= 4 is 23.2 Å². The number of nitrogens with one attached hydrogen (secondary N) is 1. The summed E-state index contributed by atoms with van der Waals surface area (Å²) < 4.78 is 0. The van der Waals surface area contributed by atoms with Crippen molar-refractivity contribution in [3.63, 3.8) is 0 Å². The minimum Gasteiger partial charge on any atom is -0.311 e. The zero-order chi connectivity index (χ0) is 12.2. The summed E-state index contributed by atoms with van der Waals surface area (Å²) in [5.74, 6) is 0. The lowest BCUT2D eigenvalue weighted by Gasteiger charge is -2.16. The van der Waals surface area contributed by atoms with Crippen molar-refractivity contribution in [1.29, 1.82) is 5.26 Å². The number of halogens is 2. The van der Waals surface area contributed by atoms with Gasteiger partial charge in [0.25, 0.3) is 0 Å². The molecule has 1 rings (SSSR count). The average Bonchev–Trinajstić information content (AvgIpc) is 2.24. The third-order valence-electron chi connectivity index (χ3n) is 2.22. The van der Waals surface area contributed by atoms with Crippen molar-refractivity contribution in [1.82, 2.24) is 5.32 Å². The van der Waals surface area contributed by atoms with E-state index in [1.165, 1.54) is 0 Å². The van der Waals surface area contributed by atoms with Gasteiger partial charge in [-0.2, -0.15) is 5.26 Å². The Balaban J connectivity index is 2.57. The van der Waals surface area contributed by atoms with E-state index in [4.69, 9.17) is 28.5 Å². The molecule has 0 aromatic heterocycles. The molecule has 0 aliphatic rings. The molecule has 86 valence electrons. The maximum absolute atomic E-state index is 8.85. The number of nitriles is 1. The average molecular weight is 257 g/mol. The Labute approximate surface area is 106 Å². The van der Waals surface area contributed by atoms with Crippen LogP contribution in [0.3, 0.4) is 0 Å². The summed E-state index contributed by atoms with van der Waals surface area (Å²) in [5, 5.41) is 13.2. The van der Waals surface area contributed by atoms with Gasteiger partial charge in [-0.25, -0.2) is 0 Å². The van der Waals surface area contributed by atoms with Crippen molar-refractivity contribution in [2.24, 2.45) is 5.41 Å². The molecule has 0 aliphatic carbocycles. The lowest BCUT2D eigenvalue weighted by atomic mass is 9.96. The smallest absolute Gasteiger partial charge is 0.0697 e. The summed E-state index contributed by atoms with van der Waals surface area (Å²) in [6, 6.07) is 7.77. The molecule has 1 N–H and O–H groups in total. The predicted octanol–water partition coefficient (Wildman–Crippen LogP) is 3.63. The Kier molecular flexibility index (Phi) is 4.61. The van der Waals surface area contributed by atoms with Crippen LogP contribution in [0.1, 0.15) is 19.4 Å². The van der Waals surface area contributed by atoms with E-state index in [2.05, 4.69) is 11.4 Å². The zero-order valence-corrected chi connectivity index (χ0v) is 10.9. The molecule has 0 unspecified atom stereocenters. The van der Waals surface area contributed by atoms with E-state index in [1.54, 1.807) is 6.07 Å². The topological polar surface area (TPSA) is 35.8 Å². The first kappa shape index (κ1) is 13.3. The van der Waals surface area contributed by atoms with Gasteiger partial charge in [-0.15, -0.1) is 0 Å². The van der Waals surface area contributed by atoms with Crippen LogP contribution in [-0.2, 0) is 6.54 Å². The quantitative estimate of drug-likeness (QED) is 0.893. The summed E-state index contributed by atoms with van der Waals surface area (Å²) in [7, 11) is 0. The largest absolute Gasteiger partial charge is 0.311 e. The highest BCUT2D eigenvalue weighted by molar-refractivity contribution is 6.42. The first-order chi connectivity index (χ1) is 7.46. The minimum atomic E-state index is -0.370. The first-order valence-electron chi connectivity index (χ1n) is 5.01. The Morgan fingerprint density at radius 1 is 1.38 bits per heavy atom. The van der Waals surface area contributed by atoms with Crippen LogP contribution in [0, 0.1) is 16.7 Å². The predicted molar refractivity (Wildman–Crippen MR) is 67.6 cm³/mol. The molecule has 0 fully saturated rings. The highest BCUT2D eigenvalue weighted by Crippen LogP contribution is 2.25. The second-order valence-corrected chi connectivity index (χ2v) is 5.10. The maximum Gasteiger partial charge on any atom is 0.0697 e. The van der Waals surface area contributed by atoms with Gasteiger partial charge in [0.15, 0.2) is 0 Å². The van der Waals surface area contributed by atoms with Gasteiger partial charge in [0.1, 0.15) is 0 Å². The molecule has 1 aromatic rings. The van der Waals surface area contributed by atoms with Gasteiger partial charge in [0.2, 0.25) is 0 Å². The van der Waals surface area contributed by atoms with Gasteiger partial charge in [-0.1, -0.05) is 35.3 Å². The van der Waals surface area contributed by atoms with Gasteiger partial charge in [0.05, 0.1) is 21.5 Å². The molecule has 0 spiro atoms. The molecule has 2 nitrogen and oxygen atoms in total. The molecule has 16 heavy (non-hydrogen) atoms. The monoisotopic (exact) mass is 256 g/mol.